The van der Waals surface area contributed by atoms with Crippen molar-refractivity contribution in [1.29, 1.82) is 0 Å². The maximum absolute atomic E-state index is 6.03. The molecule has 1 rings (SSSR count). The second-order valence-corrected chi connectivity index (χ2v) is 5.68. The number of nitrogens with two attached hydrogens (primary N) is 1. The van der Waals surface area contributed by atoms with Crippen LogP contribution in [0.25, 0.3) is 0 Å². The number of hydrogen-bond acceptors (Lipinski definition) is 4. The lowest BCUT2D eigenvalue weighted by Gasteiger charge is -2.23. The number of rotatable bonds is 1. The molecule has 0 saturated heterocycles. The Labute approximate surface area is 83.5 Å². The molecule has 0 spiro atoms. The van der Waals surface area contributed by atoms with Crippen molar-refractivity contribution in [3.8, 4) is 0 Å². The van der Waals surface area contributed by atoms with E-state index in [0.29, 0.717) is 0 Å². The summed E-state index contributed by atoms with van der Waals surface area (Å²) in [5.41, 5.74) is 6.74. The van der Waals surface area contributed by atoms with E-state index in [0.717, 1.165) is 10.6 Å². The summed E-state index contributed by atoms with van der Waals surface area (Å²) in [6.07, 6.45) is 0. The Morgan fingerprint density at radius 2 is 1.69 bits per heavy atom. The number of hydrogen-bond donors (Lipinski definition) is 1. The molecule has 13 heavy (non-hydrogen) atoms. The maximum Gasteiger partial charge on any atom is 0.0859 e. The van der Waals surface area contributed by atoms with Crippen LogP contribution in [0.15, 0.2) is 0 Å². The van der Waals surface area contributed by atoms with Gasteiger partial charge in [0.25, 0.3) is 0 Å². The molecule has 2 N–H and O–H groups in total. The lowest BCUT2D eigenvalue weighted by molar-refractivity contribution is 0.509. The maximum atomic E-state index is 6.03. The Morgan fingerprint density at radius 3 is 2.00 bits per heavy atom. The van der Waals surface area contributed by atoms with Gasteiger partial charge in [0.2, 0.25) is 0 Å². The normalized spacial score (nSPS) is 13.4. The molecule has 0 aromatic carbocycles. The van der Waals surface area contributed by atoms with Gasteiger partial charge in [-0.25, -0.2) is 0 Å². The van der Waals surface area contributed by atoms with Crippen molar-refractivity contribution in [2.24, 2.45) is 5.73 Å². The molecular weight excluding hydrogens is 182 g/mol. The summed E-state index contributed by atoms with van der Waals surface area (Å²) in [6.45, 7) is 10.3. The second-order valence-electron chi connectivity index (χ2n) is 4.92. The van der Waals surface area contributed by atoms with Crippen LogP contribution in [-0.4, -0.2) is 9.59 Å². The van der Waals surface area contributed by atoms with Gasteiger partial charge < -0.3 is 5.73 Å². The molecule has 1 aromatic heterocycles. The highest BCUT2D eigenvalue weighted by Gasteiger charge is 2.29. The van der Waals surface area contributed by atoms with Crippen LogP contribution in [0, 0.1) is 0 Å². The van der Waals surface area contributed by atoms with E-state index in [1.165, 1.54) is 11.5 Å². The predicted octanol–water partition coefficient (Wildman–Crippen LogP) is 2.03. The van der Waals surface area contributed by atoms with E-state index < -0.39 is 0 Å². The van der Waals surface area contributed by atoms with Crippen molar-refractivity contribution in [1.82, 2.24) is 9.59 Å². The summed E-state index contributed by atoms with van der Waals surface area (Å²) < 4.78 is 3.97. The summed E-state index contributed by atoms with van der Waals surface area (Å²) in [5, 5.41) is 4.14. The fourth-order valence-electron chi connectivity index (χ4n) is 1.10. The third kappa shape index (κ3) is 2.25. The lowest BCUT2D eigenvalue weighted by Crippen LogP contribution is -2.31. The molecule has 0 aliphatic rings. The minimum atomic E-state index is -0.337. The van der Waals surface area contributed by atoms with E-state index in [1.807, 2.05) is 13.8 Å². The zero-order valence-electron chi connectivity index (χ0n) is 8.88. The van der Waals surface area contributed by atoms with Gasteiger partial charge in [-0.1, -0.05) is 25.3 Å². The molecule has 0 radical (unpaired) electrons. The Balaban J connectivity index is 3.19. The van der Waals surface area contributed by atoms with Gasteiger partial charge in [0.15, 0.2) is 0 Å². The van der Waals surface area contributed by atoms with E-state index in [2.05, 4.69) is 30.4 Å². The van der Waals surface area contributed by atoms with Gasteiger partial charge in [0.05, 0.1) is 10.6 Å². The van der Waals surface area contributed by atoms with E-state index >= 15 is 0 Å². The highest BCUT2D eigenvalue weighted by molar-refractivity contribution is 7.05. The third-order valence-electron chi connectivity index (χ3n) is 1.78. The van der Waals surface area contributed by atoms with Gasteiger partial charge >= 0.3 is 0 Å². The minimum absolute atomic E-state index is 0.0268. The van der Waals surface area contributed by atoms with E-state index in [4.69, 9.17) is 5.73 Å². The van der Waals surface area contributed by atoms with Gasteiger partial charge in [-0.3, -0.25) is 0 Å². The molecule has 74 valence electrons. The monoisotopic (exact) mass is 199 g/mol. The van der Waals surface area contributed by atoms with Crippen LogP contribution in [0.1, 0.15) is 45.2 Å². The smallest absolute Gasteiger partial charge is 0.0859 e. The van der Waals surface area contributed by atoms with Gasteiger partial charge in [-0.05, 0) is 25.4 Å². The van der Waals surface area contributed by atoms with Crippen molar-refractivity contribution in [3.05, 3.63) is 10.6 Å². The highest BCUT2D eigenvalue weighted by atomic mass is 32.1. The number of nitrogens with zero attached hydrogens (tertiary/aromatic N) is 2. The summed E-state index contributed by atoms with van der Waals surface area (Å²) in [4.78, 5) is 1.08. The fourth-order valence-corrected chi connectivity index (χ4v) is 1.98. The SMILES string of the molecule is CC(C)(C)c1nnsc1C(C)(C)N. The van der Waals surface area contributed by atoms with Gasteiger partial charge in [-0.15, -0.1) is 5.10 Å². The molecule has 1 aromatic rings. The largest absolute Gasteiger partial charge is 0.321 e. The van der Waals surface area contributed by atoms with Crippen LogP contribution >= 0.6 is 11.5 Å². The Hall–Kier alpha value is -0.480. The van der Waals surface area contributed by atoms with Gasteiger partial charge in [0.1, 0.15) is 0 Å². The fraction of sp³-hybridized carbons (Fsp3) is 0.778. The Morgan fingerprint density at radius 1 is 1.15 bits per heavy atom. The minimum Gasteiger partial charge on any atom is -0.321 e. The zero-order chi connectivity index (χ0) is 10.3. The van der Waals surface area contributed by atoms with Crippen LogP contribution in [0.5, 0.6) is 0 Å². The highest BCUT2D eigenvalue weighted by Crippen LogP contribution is 2.31. The van der Waals surface area contributed by atoms with Crippen LogP contribution in [0.3, 0.4) is 0 Å². The molecule has 0 atom stereocenters. The predicted molar refractivity (Wildman–Crippen MR) is 55.8 cm³/mol. The standard InChI is InChI=1S/C9H17N3S/c1-8(2,3)6-7(9(4,5)10)13-12-11-6/h10H2,1-5H3. The van der Waals surface area contributed by atoms with Gasteiger partial charge in [0, 0.05) is 11.0 Å². The second kappa shape index (κ2) is 3.03. The van der Waals surface area contributed by atoms with Crippen molar-refractivity contribution >= 4 is 11.5 Å². The molecule has 4 heteroatoms. The lowest BCUT2D eigenvalue weighted by atomic mass is 9.87. The average Bonchev–Trinajstić information content (AvgIpc) is 2.27. The first kappa shape index (κ1) is 10.6. The molecule has 0 bridgehead atoms. The van der Waals surface area contributed by atoms with Gasteiger partial charge in [-0.2, -0.15) is 0 Å². The summed E-state index contributed by atoms with van der Waals surface area (Å²) in [6, 6.07) is 0. The van der Waals surface area contributed by atoms with E-state index in [1.54, 1.807) is 0 Å². The summed E-state index contributed by atoms with van der Waals surface area (Å²) in [7, 11) is 0. The van der Waals surface area contributed by atoms with Crippen molar-refractivity contribution in [2.75, 3.05) is 0 Å². The molecule has 0 saturated carbocycles. The summed E-state index contributed by atoms with van der Waals surface area (Å²) in [5.74, 6) is 0. The Bertz CT molecular complexity index is 262. The van der Waals surface area contributed by atoms with E-state index in [-0.39, 0.29) is 11.0 Å². The van der Waals surface area contributed by atoms with Crippen molar-refractivity contribution in [2.45, 2.75) is 45.6 Å². The first-order valence-corrected chi connectivity index (χ1v) is 5.12. The molecule has 0 fully saturated rings. The topological polar surface area (TPSA) is 51.8 Å². The van der Waals surface area contributed by atoms with Crippen LogP contribution in [-0.2, 0) is 11.0 Å². The molecule has 0 unspecified atom stereocenters. The van der Waals surface area contributed by atoms with Crippen LogP contribution < -0.4 is 5.73 Å². The molecule has 1 heterocycles. The number of aromatic nitrogens is 2. The first-order valence-electron chi connectivity index (χ1n) is 4.35. The average molecular weight is 199 g/mol. The Kier molecular flexibility index (Phi) is 2.47. The first-order chi connectivity index (χ1) is 5.73. The molecule has 0 aliphatic heterocycles. The molecular formula is C9H17N3S. The van der Waals surface area contributed by atoms with Crippen molar-refractivity contribution < 1.29 is 0 Å². The van der Waals surface area contributed by atoms with E-state index in [9.17, 15) is 0 Å². The third-order valence-corrected chi connectivity index (χ3v) is 2.85. The van der Waals surface area contributed by atoms with Crippen LogP contribution in [0.4, 0.5) is 0 Å². The molecule has 3 nitrogen and oxygen atoms in total. The quantitative estimate of drug-likeness (QED) is 0.753. The van der Waals surface area contributed by atoms with Crippen LogP contribution in [0.2, 0.25) is 0 Å². The van der Waals surface area contributed by atoms with Crippen molar-refractivity contribution in [3.63, 3.8) is 0 Å². The molecule has 0 aliphatic carbocycles. The molecule has 0 amide bonds. The summed E-state index contributed by atoms with van der Waals surface area (Å²) >= 11 is 1.40. The zero-order valence-corrected chi connectivity index (χ0v) is 9.70.